The summed E-state index contributed by atoms with van der Waals surface area (Å²) in [5.41, 5.74) is 1.64. The fourth-order valence-corrected chi connectivity index (χ4v) is 1.80. The average molecular weight is 287 g/mol. The van der Waals surface area contributed by atoms with Crippen molar-refractivity contribution in [1.29, 1.82) is 0 Å². The van der Waals surface area contributed by atoms with Gasteiger partial charge in [0.15, 0.2) is 5.75 Å². The van der Waals surface area contributed by atoms with E-state index >= 15 is 0 Å². The van der Waals surface area contributed by atoms with Crippen LogP contribution >= 0.6 is 0 Å². The molecule has 0 spiro atoms. The Morgan fingerprint density at radius 2 is 2.19 bits per heavy atom. The smallest absolute Gasteiger partial charge is 0.311 e. The van der Waals surface area contributed by atoms with E-state index in [2.05, 4.69) is 10.3 Å². The van der Waals surface area contributed by atoms with Gasteiger partial charge in [-0.15, -0.1) is 0 Å². The molecule has 6 heteroatoms. The summed E-state index contributed by atoms with van der Waals surface area (Å²) < 4.78 is 5.44. The summed E-state index contributed by atoms with van der Waals surface area (Å²) in [6.45, 7) is 2.95. The van der Waals surface area contributed by atoms with Crippen molar-refractivity contribution < 1.29 is 9.66 Å². The molecule has 0 amide bonds. The molecule has 21 heavy (non-hydrogen) atoms. The van der Waals surface area contributed by atoms with Crippen molar-refractivity contribution in [2.24, 2.45) is 0 Å². The maximum Gasteiger partial charge on any atom is 0.311 e. The van der Waals surface area contributed by atoms with Crippen LogP contribution in [0.25, 0.3) is 0 Å². The third-order valence-corrected chi connectivity index (χ3v) is 2.82. The van der Waals surface area contributed by atoms with E-state index in [1.807, 2.05) is 25.1 Å². The SMILES string of the molecule is CCCOc1cc(NCc2ccccn2)ccc1[N+](=O)[O-]. The van der Waals surface area contributed by atoms with Crippen LogP contribution in [0, 0.1) is 10.1 Å². The second-order valence-electron chi connectivity index (χ2n) is 4.46. The van der Waals surface area contributed by atoms with Gasteiger partial charge in [0.25, 0.3) is 0 Å². The molecule has 0 saturated carbocycles. The molecule has 0 atom stereocenters. The summed E-state index contributed by atoms with van der Waals surface area (Å²) in [5.74, 6) is 0.285. The topological polar surface area (TPSA) is 77.3 Å². The Balaban J connectivity index is 2.11. The second-order valence-corrected chi connectivity index (χ2v) is 4.46. The lowest BCUT2D eigenvalue weighted by Crippen LogP contribution is -2.03. The van der Waals surface area contributed by atoms with Gasteiger partial charge in [-0.25, -0.2) is 0 Å². The van der Waals surface area contributed by atoms with E-state index in [1.54, 1.807) is 18.3 Å². The van der Waals surface area contributed by atoms with Crippen molar-refractivity contribution in [3.05, 3.63) is 58.4 Å². The summed E-state index contributed by atoms with van der Waals surface area (Å²) in [4.78, 5) is 14.7. The van der Waals surface area contributed by atoms with E-state index in [-0.39, 0.29) is 11.4 Å². The van der Waals surface area contributed by atoms with Gasteiger partial charge in [0.2, 0.25) is 0 Å². The lowest BCUT2D eigenvalue weighted by atomic mass is 10.2. The Morgan fingerprint density at radius 3 is 2.86 bits per heavy atom. The van der Waals surface area contributed by atoms with E-state index in [0.29, 0.717) is 13.2 Å². The van der Waals surface area contributed by atoms with E-state index < -0.39 is 4.92 Å². The molecule has 0 fully saturated rings. The van der Waals surface area contributed by atoms with Crippen molar-refractivity contribution in [3.8, 4) is 5.75 Å². The molecule has 1 N–H and O–H groups in total. The fourth-order valence-electron chi connectivity index (χ4n) is 1.80. The quantitative estimate of drug-likeness (QED) is 0.624. The number of nitrogens with zero attached hydrogens (tertiary/aromatic N) is 2. The van der Waals surface area contributed by atoms with Gasteiger partial charge in [-0.3, -0.25) is 15.1 Å². The zero-order valence-corrected chi connectivity index (χ0v) is 11.8. The molecule has 1 aromatic heterocycles. The van der Waals surface area contributed by atoms with Gasteiger partial charge in [-0.1, -0.05) is 13.0 Å². The molecule has 1 heterocycles. The van der Waals surface area contributed by atoms with Crippen molar-refractivity contribution >= 4 is 11.4 Å². The molecular weight excluding hydrogens is 270 g/mol. The summed E-state index contributed by atoms with van der Waals surface area (Å²) in [6, 6.07) is 10.4. The largest absolute Gasteiger partial charge is 0.487 e. The first kappa shape index (κ1) is 14.8. The highest BCUT2D eigenvalue weighted by molar-refractivity contribution is 5.58. The van der Waals surface area contributed by atoms with E-state index in [9.17, 15) is 10.1 Å². The minimum Gasteiger partial charge on any atom is -0.487 e. The predicted octanol–water partition coefficient (Wildman–Crippen LogP) is 3.39. The molecule has 6 nitrogen and oxygen atoms in total. The number of nitro benzene ring substituents is 1. The minimum absolute atomic E-state index is 0.0214. The van der Waals surface area contributed by atoms with Crippen LogP contribution in [0.15, 0.2) is 42.6 Å². The van der Waals surface area contributed by atoms with Gasteiger partial charge in [-0.05, 0) is 24.6 Å². The minimum atomic E-state index is -0.437. The number of nitrogens with one attached hydrogen (secondary N) is 1. The van der Waals surface area contributed by atoms with Crippen LogP contribution in [-0.4, -0.2) is 16.5 Å². The van der Waals surface area contributed by atoms with Gasteiger partial charge in [0, 0.05) is 24.0 Å². The lowest BCUT2D eigenvalue weighted by molar-refractivity contribution is -0.385. The maximum absolute atomic E-state index is 11.0. The second kappa shape index (κ2) is 7.23. The number of hydrogen-bond acceptors (Lipinski definition) is 5. The zero-order valence-electron chi connectivity index (χ0n) is 11.8. The van der Waals surface area contributed by atoms with Crippen molar-refractivity contribution in [2.75, 3.05) is 11.9 Å². The normalized spacial score (nSPS) is 10.1. The van der Waals surface area contributed by atoms with E-state index in [0.717, 1.165) is 17.8 Å². The summed E-state index contributed by atoms with van der Waals surface area (Å²) in [5, 5.41) is 14.1. The number of anilines is 1. The van der Waals surface area contributed by atoms with Crippen LogP contribution in [0.2, 0.25) is 0 Å². The molecular formula is C15H17N3O3. The van der Waals surface area contributed by atoms with Crippen LogP contribution < -0.4 is 10.1 Å². The Hall–Kier alpha value is -2.63. The summed E-state index contributed by atoms with van der Waals surface area (Å²) in [7, 11) is 0. The van der Waals surface area contributed by atoms with Gasteiger partial charge in [0.1, 0.15) is 0 Å². The molecule has 2 rings (SSSR count). The molecule has 0 radical (unpaired) electrons. The lowest BCUT2D eigenvalue weighted by Gasteiger charge is -2.09. The third-order valence-electron chi connectivity index (χ3n) is 2.82. The Kier molecular flexibility index (Phi) is 5.09. The third kappa shape index (κ3) is 4.17. The monoisotopic (exact) mass is 287 g/mol. The van der Waals surface area contributed by atoms with Crippen molar-refractivity contribution in [2.45, 2.75) is 19.9 Å². The Bertz CT molecular complexity index is 602. The van der Waals surface area contributed by atoms with Crippen LogP contribution in [0.1, 0.15) is 19.0 Å². The molecule has 110 valence electrons. The number of pyridine rings is 1. The van der Waals surface area contributed by atoms with E-state index in [1.165, 1.54) is 6.07 Å². The van der Waals surface area contributed by atoms with Crippen LogP contribution in [0.5, 0.6) is 5.75 Å². The summed E-state index contributed by atoms with van der Waals surface area (Å²) >= 11 is 0. The Morgan fingerprint density at radius 1 is 1.33 bits per heavy atom. The molecule has 1 aromatic carbocycles. The number of ether oxygens (including phenoxy) is 1. The van der Waals surface area contributed by atoms with Crippen LogP contribution in [-0.2, 0) is 6.54 Å². The van der Waals surface area contributed by atoms with Crippen LogP contribution in [0.4, 0.5) is 11.4 Å². The molecule has 0 aliphatic rings. The van der Waals surface area contributed by atoms with Gasteiger partial charge < -0.3 is 10.1 Å². The van der Waals surface area contributed by atoms with E-state index in [4.69, 9.17) is 4.74 Å². The van der Waals surface area contributed by atoms with Crippen molar-refractivity contribution in [3.63, 3.8) is 0 Å². The van der Waals surface area contributed by atoms with Gasteiger partial charge in [0.05, 0.1) is 23.8 Å². The van der Waals surface area contributed by atoms with Gasteiger partial charge in [-0.2, -0.15) is 0 Å². The number of hydrogen-bond donors (Lipinski definition) is 1. The molecule has 0 unspecified atom stereocenters. The summed E-state index contributed by atoms with van der Waals surface area (Å²) in [6.07, 6.45) is 2.52. The van der Waals surface area contributed by atoms with Gasteiger partial charge >= 0.3 is 5.69 Å². The number of rotatable bonds is 7. The first-order valence-corrected chi connectivity index (χ1v) is 6.75. The molecule has 0 bridgehead atoms. The molecule has 2 aromatic rings. The Labute approximate surface area is 122 Å². The van der Waals surface area contributed by atoms with Crippen molar-refractivity contribution in [1.82, 2.24) is 4.98 Å². The first-order chi connectivity index (χ1) is 10.2. The molecule has 0 saturated heterocycles. The maximum atomic E-state index is 11.0. The highest BCUT2D eigenvalue weighted by Crippen LogP contribution is 2.30. The molecule has 0 aliphatic carbocycles. The first-order valence-electron chi connectivity index (χ1n) is 6.75. The number of aromatic nitrogens is 1. The predicted molar refractivity (Wildman–Crippen MR) is 80.4 cm³/mol. The highest BCUT2D eigenvalue weighted by Gasteiger charge is 2.15. The fraction of sp³-hybridized carbons (Fsp3) is 0.267. The number of nitro groups is 1. The zero-order chi connectivity index (χ0) is 15.1. The standard InChI is InChI=1S/C15H17N3O3/c1-2-9-21-15-10-12(6-7-14(15)18(19)20)17-11-13-5-3-4-8-16-13/h3-8,10,17H,2,9,11H2,1H3. The molecule has 0 aliphatic heterocycles. The highest BCUT2D eigenvalue weighted by atomic mass is 16.6. The average Bonchev–Trinajstić information content (AvgIpc) is 2.51. The number of benzene rings is 1. The van der Waals surface area contributed by atoms with Crippen LogP contribution in [0.3, 0.4) is 0 Å².